The van der Waals surface area contributed by atoms with Gasteiger partial charge in [-0.05, 0) is 41.8 Å². The van der Waals surface area contributed by atoms with E-state index in [1.54, 1.807) is 36.4 Å². The Morgan fingerprint density at radius 2 is 1.84 bits per heavy atom. The zero-order valence-electron chi connectivity index (χ0n) is 16.9. The van der Waals surface area contributed by atoms with Crippen molar-refractivity contribution in [3.8, 4) is 17.2 Å². The molecule has 1 N–H and O–H groups in total. The number of ether oxygens (including phenoxy) is 3. The summed E-state index contributed by atoms with van der Waals surface area (Å²) in [5.74, 6) is 0.604. The van der Waals surface area contributed by atoms with Gasteiger partial charge in [0.05, 0.1) is 18.4 Å². The van der Waals surface area contributed by atoms with E-state index in [0.717, 1.165) is 4.90 Å². The lowest BCUT2D eigenvalue weighted by molar-refractivity contribution is -0.120. The highest BCUT2D eigenvalue weighted by Crippen LogP contribution is 2.41. The number of methoxy groups -OCH3 is 1. The summed E-state index contributed by atoms with van der Waals surface area (Å²) >= 11 is 7.53. The molecule has 2 amide bonds. The van der Waals surface area contributed by atoms with E-state index in [1.165, 1.54) is 24.5 Å². The Balaban J connectivity index is 1.58. The fraction of sp³-hybridized carbons (Fsp3) is 0.130. The Bertz CT molecular complexity index is 1260. The fourth-order valence-electron chi connectivity index (χ4n) is 3.62. The maximum Gasteiger partial charge on any atom is 0.282 e. The zero-order valence-corrected chi connectivity index (χ0v) is 18.5. The topological polar surface area (TPSA) is 77.1 Å². The summed E-state index contributed by atoms with van der Waals surface area (Å²) in [5.41, 5.74) is 1.32. The lowest BCUT2D eigenvalue weighted by Gasteiger charge is -2.20. The molecule has 0 saturated carbocycles. The Kier molecular flexibility index (Phi) is 5.24. The van der Waals surface area contributed by atoms with Crippen molar-refractivity contribution < 1.29 is 23.8 Å². The third-order valence-electron chi connectivity index (χ3n) is 5.04. The smallest absolute Gasteiger partial charge is 0.282 e. The van der Waals surface area contributed by atoms with Crippen LogP contribution in [-0.4, -0.2) is 32.1 Å². The number of benzene rings is 2. The van der Waals surface area contributed by atoms with Gasteiger partial charge < -0.3 is 19.5 Å². The van der Waals surface area contributed by atoms with Crippen LogP contribution in [0.25, 0.3) is 5.57 Å². The average Bonchev–Trinajstić information content (AvgIpc) is 3.40. The van der Waals surface area contributed by atoms with Crippen LogP contribution in [0.15, 0.2) is 59.6 Å². The van der Waals surface area contributed by atoms with Gasteiger partial charge in [-0.1, -0.05) is 17.7 Å². The van der Waals surface area contributed by atoms with E-state index in [2.05, 4.69) is 5.32 Å². The molecule has 2 aliphatic rings. The van der Waals surface area contributed by atoms with E-state index in [4.69, 9.17) is 25.8 Å². The maximum absolute atomic E-state index is 13.5. The number of thiophene rings is 1. The normalized spacial score (nSPS) is 15.4. The molecule has 162 valence electrons. The van der Waals surface area contributed by atoms with Gasteiger partial charge >= 0.3 is 0 Å². The number of hydrogen-bond acceptors (Lipinski definition) is 7. The van der Waals surface area contributed by atoms with E-state index >= 15 is 0 Å². The summed E-state index contributed by atoms with van der Waals surface area (Å²) in [6.07, 6.45) is 0. The SMILES string of the molecule is COc1ccc(Cl)cc1N1C(=O)C(Nc2ccc3c(c2)OCCO3)=C(c2cccs2)C1=O. The number of anilines is 2. The quantitative estimate of drug-likeness (QED) is 0.552. The van der Waals surface area contributed by atoms with Gasteiger partial charge in [0.1, 0.15) is 24.7 Å². The van der Waals surface area contributed by atoms with Crippen molar-refractivity contribution in [2.24, 2.45) is 0 Å². The van der Waals surface area contributed by atoms with Gasteiger partial charge in [-0.15, -0.1) is 11.3 Å². The van der Waals surface area contributed by atoms with Crippen LogP contribution < -0.4 is 24.4 Å². The van der Waals surface area contributed by atoms with Crippen molar-refractivity contribution >= 4 is 51.7 Å². The number of nitrogens with one attached hydrogen (secondary N) is 1. The van der Waals surface area contributed by atoms with Crippen LogP contribution in [0.2, 0.25) is 5.02 Å². The fourth-order valence-corrected chi connectivity index (χ4v) is 4.55. The van der Waals surface area contributed by atoms with Gasteiger partial charge in [-0.2, -0.15) is 0 Å². The molecule has 2 aliphatic heterocycles. The number of nitrogens with zero attached hydrogens (tertiary/aromatic N) is 1. The van der Waals surface area contributed by atoms with Crippen molar-refractivity contribution in [3.63, 3.8) is 0 Å². The maximum atomic E-state index is 13.5. The highest BCUT2D eigenvalue weighted by Gasteiger charge is 2.42. The second-order valence-corrected chi connectivity index (χ2v) is 8.36. The van der Waals surface area contributed by atoms with Crippen LogP contribution >= 0.6 is 22.9 Å². The van der Waals surface area contributed by atoms with Crippen LogP contribution in [0, 0.1) is 0 Å². The van der Waals surface area contributed by atoms with E-state index in [-0.39, 0.29) is 17.0 Å². The zero-order chi connectivity index (χ0) is 22.2. The number of rotatable bonds is 5. The van der Waals surface area contributed by atoms with Crippen LogP contribution in [0.1, 0.15) is 4.88 Å². The molecule has 0 unspecified atom stereocenters. The van der Waals surface area contributed by atoms with Crippen molar-refractivity contribution in [1.82, 2.24) is 0 Å². The molecule has 0 spiro atoms. The molecule has 7 nitrogen and oxygen atoms in total. The molecule has 0 aliphatic carbocycles. The molecular formula is C23H17ClN2O5S. The minimum absolute atomic E-state index is 0.163. The van der Waals surface area contributed by atoms with E-state index in [9.17, 15) is 9.59 Å². The monoisotopic (exact) mass is 468 g/mol. The van der Waals surface area contributed by atoms with Gasteiger partial charge in [0.2, 0.25) is 0 Å². The van der Waals surface area contributed by atoms with Gasteiger partial charge in [-0.3, -0.25) is 9.59 Å². The summed E-state index contributed by atoms with van der Waals surface area (Å²) in [7, 11) is 1.47. The third kappa shape index (κ3) is 3.47. The molecule has 3 heterocycles. The van der Waals surface area contributed by atoms with Crippen molar-refractivity contribution in [2.75, 3.05) is 30.5 Å². The van der Waals surface area contributed by atoms with E-state index < -0.39 is 11.8 Å². The van der Waals surface area contributed by atoms with Gasteiger partial charge in [0.15, 0.2) is 11.5 Å². The molecule has 0 atom stereocenters. The molecule has 5 rings (SSSR count). The summed E-state index contributed by atoms with van der Waals surface area (Å²) in [6, 6.07) is 13.7. The van der Waals surface area contributed by atoms with Crippen LogP contribution in [-0.2, 0) is 9.59 Å². The van der Waals surface area contributed by atoms with Gasteiger partial charge in [-0.25, -0.2) is 4.90 Å². The first-order valence-corrected chi connectivity index (χ1v) is 11.0. The number of imide groups is 1. The molecule has 2 aromatic carbocycles. The first kappa shape index (κ1) is 20.4. The summed E-state index contributed by atoms with van der Waals surface area (Å²) < 4.78 is 16.6. The number of carbonyl (C=O) groups excluding carboxylic acids is 2. The predicted octanol–water partition coefficient (Wildman–Crippen LogP) is 4.58. The minimum Gasteiger partial charge on any atom is -0.495 e. The Morgan fingerprint density at radius 3 is 2.59 bits per heavy atom. The van der Waals surface area contributed by atoms with Crippen molar-refractivity contribution in [2.45, 2.75) is 0 Å². The lowest BCUT2D eigenvalue weighted by Crippen LogP contribution is -2.32. The summed E-state index contributed by atoms with van der Waals surface area (Å²) in [4.78, 5) is 28.8. The highest BCUT2D eigenvalue weighted by atomic mass is 35.5. The molecule has 0 bridgehead atoms. The number of fused-ring (bicyclic) bond motifs is 1. The molecule has 0 saturated heterocycles. The Morgan fingerprint density at radius 1 is 1.03 bits per heavy atom. The molecule has 3 aromatic rings. The number of amides is 2. The predicted molar refractivity (Wildman–Crippen MR) is 123 cm³/mol. The second kappa shape index (κ2) is 8.22. The molecule has 32 heavy (non-hydrogen) atoms. The molecule has 1 aromatic heterocycles. The Hall–Kier alpha value is -3.49. The lowest BCUT2D eigenvalue weighted by atomic mass is 10.1. The number of halogens is 1. The van der Waals surface area contributed by atoms with Crippen molar-refractivity contribution in [1.29, 1.82) is 0 Å². The van der Waals surface area contributed by atoms with E-state index in [0.29, 0.717) is 46.0 Å². The van der Waals surface area contributed by atoms with Crippen LogP contribution in [0.4, 0.5) is 11.4 Å². The van der Waals surface area contributed by atoms with Crippen LogP contribution in [0.5, 0.6) is 17.2 Å². The van der Waals surface area contributed by atoms with Crippen molar-refractivity contribution in [3.05, 3.63) is 69.5 Å². The first-order valence-electron chi connectivity index (χ1n) is 9.74. The number of hydrogen-bond donors (Lipinski definition) is 1. The standard InChI is InChI=1S/C23H17ClN2O5S/c1-29-16-6-4-13(24)11-15(16)26-22(27)20(19-3-2-10-32-19)21(23(26)28)25-14-5-7-17-18(12-14)31-9-8-30-17/h2-7,10-12,25H,8-9H2,1H3. The molecule has 9 heteroatoms. The Labute approximate surface area is 192 Å². The largest absolute Gasteiger partial charge is 0.495 e. The summed E-state index contributed by atoms with van der Waals surface area (Å²) in [5, 5.41) is 5.36. The van der Waals surface area contributed by atoms with Gasteiger partial charge in [0, 0.05) is 21.7 Å². The second-order valence-electron chi connectivity index (χ2n) is 6.97. The summed E-state index contributed by atoms with van der Waals surface area (Å²) in [6.45, 7) is 0.927. The number of carbonyl (C=O) groups is 2. The third-order valence-corrected chi connectivity index (χ3v) is 6.17. The minimum atomic E-state index is -0.506. The average molecular weight is 469 g/mol. The van der Waals surface area contributed by atoms with E-state index in [1.807, 2.05) is 11.4 Å². The molecule has 0 fully saturated rings. The molecular weight excluding hydrogens is 452 g/mol. The highest BCUT2D eigenvalue weighted by molar-refractivity contribution is 7.11. The van der Waals surface area contributed by atoms with Gasteiger partial charge in [0.25, 0.3) is 11.8 Å². The first-order chi connectivity index (χ1) is 15.6. The van der Waals surface area contributed by atoms with Crippen LogP contribution in [0.3, 0.4) is 0 Å². The molecule has 0 radical (unpaired) electrons.